The van der Waals surface area contributed by atoms with Crippen LogP contribution >= 0.6 is 0 Å². The summed E-state index contributed by atoms with van der Waals surface area (Å²) < 4.78 is 6.05. The fourth-order valence-corrected chi connectivity index (χ4v) is 3.84. The van der Waals surface area contributed by atoms with E-state index < -0.39 is 0 Å². The van der Waals surface area contributed by atoms with Crippen molar-refractivity contribution in [2.45, 2.75) is 38.4 Å². The molecule has 2 aliphatic rings. The molecule has 27 heavy (non-hydrogen) atoms. The topological polar surface area (TPSA) is 58.6 Å². The van der Waals surface area contributed by atoms with Crippen LogP contribution in [0, 0.1) is 0 Å². The van der Waals surface area contributed by atoms with Gasteiger partial charge in [0.25, 0.3) is 5.91 Å². The quantitative estimate of drug-likeness (QED) is 0.814. The van der Waals surface area contributed by atoms with Gasteiger partial charge in [-0.2, -0.15) is 0 Å². The van der Waals surface area contributed by atoms with Crippen LogP contribution < -0.4 is 4.90 Å². The number of aromatic nitrogens is 2. The van der Waals surface area contributed by atoms with E-state index >= 15 is 0 Å². The van der Waals surface area contributed by atoms with Gasteiger partial charge in [0.15, 0.2) is 0 Å². The van der Waals surface area contributed by atoms with Gasteiger partial charge in [0.2, 0.25) is 0 Å². The Hall–Kier alpha value is -2.47. The molecular weight excluding hydrogens is 340 g/mol. The lowest BCUT2D eigenvalue weighted by atomic mass is 10.1. The average Bonchev–Trinajstić information content (AvgIpc) is 3.28. The molecule has 6 heteroatoms. The predicted octanol–water partition coefficient (Wildman–Crippen LogP) is 2.90. The summed E-state index contributed by atoms with van der Waals surface area (Å²) in [6.07, 6.45) is 9.71. The third-order valence-corrected chi connectivity index (χ3v) is 5.36. The highest BCUT2D eigenvalue weighted by Gasteiger charge is 2.27. The second-order valence-corrected chi connectivity index (χ2v) is 7.23. The lowest BCUT2D eigenvalue weighted by Gasteiger charge is -2.34. The molecule has 4 heterocycles. The molecule has 0 atom stereocenters. The van der Waals surface area contributed by atoms with Crippen LogP contribution in [0.3, 0.4) is 0 Å². The average molecular weight is 366 g/mol. The highest BCUT2D eigenvalue weighted by molar-refractivity contribution is 5.99. The normalized spacial score (nSPS) is 18.1. The summed E-state index contributed by atoms with van der Waals surface area (Å²) in [6.45, 7) is 4.03. The molecule has 2 saturated heterocycles. The molecule has 0 aliphatic carbocycles. The number of ether oxygens (including phenoxy) is 1. The lowest BCUT2D eigenvalue weighted by Crippen LogP contribution is -2.39. The standard InChI is InChI=1S/C21H26N4O2/c26-21(25-11-1-2-12-25)19-6-4-10-23-20(19)24-13-7-18(8-14-24)27-16-17-5-3-9-22-15-17/h3-6,9-10,15,18H,1-2,7-8,11-14,16H2. The van der Waals surface area contributed by atoms with Gasteiger partial charge in [-0.1, -0.05) is 6.07 Å². The van der Waals surface area contributed by atoms with E-state index in [0.29, 0.717) is 6.61 Å². The fourth-order valence-electron chi connectivity index (χ4n) is 3.84. The monoisotopic (exact) mass is 366 g/mol. The van der Waals surface area contributed by atoms with Crippen molar-refractivity contribution in [3.8, 4) is 0 Å². The van der Waals surface area contributed by atoms with Crippen LogP contribution in [0.1, 0.15) is 41.6 Å². The molecule has 2 aromatic heterocycles. The number of nitrogens with zero attached hydrogens (tertiary/aromatic N) is 4. The molecule has 2 aromatic rings. The van der Waals surface area contributed by atoms with Gasteiger partial charge in [0.05, 0.1) is 18.3 Å². The number of hydrogen-bond donors (Lipinski definition) is 0. The molecule has 0 saturated carbocycles. The first kappa shape index (κ1) is 17.9. The molecule has 0 aromatic carbocycles. The molecule has 0 unspecified atom stereocenters. The molecule has 0 bridgehead atoms. The van der Waals surface area contributed by atoms with Crippen molar-refractivity contribution in [1.29, 1.82) is 0 Å². The van der Waals surface area contributed by atoms with Gasteiger partial charge in [-0.25, -0.2) is 4.98 Å². The van der Waals surface area contributed by atoms with Crippen molar-refractivity contribution in [2.75, 3.05) is 31.1 Å². The maximum Gasteiger partial charge on any atom is 0.257 e. The summed E-state index contributed by atoms with van der Waals surface area (Å²) in [6, 6.07) is 7.73. The van der Waals surface area contributed by atoms with Crippen LogP contribution in [0.5, 0.6) is 0 Å². The number of rotatable bonds is 5. The zero-order valence-corrected chi connectivity index (χ0v) is 15.6. The minimum atomic E-state index is 0.116. The van der Waals surface area contributed by atoms with Gasteiger partial charge in [0.1, 0.15) is 5.82 Å². The number of likely N-dealkylation sites (tertiary alicyclic amines) is 1. The number of carbonyl (C=O) groups excluding carboxylic acids is 1. The number of carbonyl (C=O) groups is 1. The maximum absolute atomic E-state index is 12.9. The van der Waals surface area contributed by atoms with Crippen LogP contribution in [0.25, 0.3) is 0 Å². The zero-order chi connectivity index (χ0) is 18.5. The highest BCUT2D eigenvalue weighted by atomic mass is 16.5. The molecule has 0 radical (unpaired) electrons. The third kappa shape index (κ3) is 4.27. The van der Waals surface area contributed by atoms with E-state index in [1.807, 2.05) is 35.4 Å². The summed E-state index contributed by atoms with van der Waals surface area (Å²) >= 11 is 0. The number of anilines is 1. The number of pyridine rings is 2. The Bertz CT molecular complexity index is 754. The molecule has 6 nitrogen and oxygen atoms in total. The first-order valence-corrected chi connectivity index (χ1v) is 9.81. The molecule has 2 aliphatic heterocycles. The van der Waals surface area contributed by atoms with Crippen LogP contribution in [0.2, 0.25) is 0 Å². The SMILES string of the molecule is O=C(c1cccnc1N1CCC(OCc2cccnc2)CC1)N1CCCC1. The van der Waals surface area contributed by atoms with E-state index in [2.05, 4.69) is 14.9 Å². The van der Waals surface area contributed by atoms with Crippen molar-refractivity contribution in [3.05, 3.63) is 54.0 Å². The van der Waals surface area contributed by atoms with Crippen molar-refractivity contribution < 1.29 is 9.53 Å². The van der Waals surface area contributed by atoms with E-state index in [9.17, 15) is 4.79 Å². The van der Waals surface area contributed by atoms with E-state index in [1.165, 1.54) is 0 Å². The van der Waals surface area contributed by atoms with Gasteiger partial charge < -0.3 is 14.5 Å². The second kappa shape index (κ2) is 8.48. The van der Waals surface area contributed by atoms with E-state index in [-0.39, 0.29) is 12.0 Å². The molecule has 0 N–H and O–H groups in total. The van der Waals surface area contributed by atoms with E-state index in [0.717, 1.165) is 68.8 Å². The molecule has 4 rings (SSSR count). The summed E-state index contributed by atoms with van der Waals surface area (Å²) in [5.41, 5.74) is 1.83. The fraction of sp³-hybridized carbons (Fsp3) is 0.476. The Morgan fingerprint density at radius 1 is 1.07 bits per heavy atom. The summed E-state index contributed by atoms with van der Waals surface area (Å²) in [7, 11) is 0. The van der Waals surface area contributed by atoms with Crippen LogP contribution in [-0.2, 0) is 11.3 Å². The molecule has 2 fully saturated rings. The maximum atomic E-state index is 12.9. The molecule has 142 valence electrons. The van der Waals surface area contributed by atoms with Gasteiger partial charge >= 0.3 is 0 Å². The smallest absolute Gasteiger partial charge is 0.257 e. The van der Waals surface area contributed by atoms with Gasteiger partial charge in [-0.15, -0.1) is 0 Å². The van der Waals surface area contributed by atoms with Crippen LogP contribution in [0.4, 0.5) is 5.82 Å². The molecule has 1 amide bonds. The van der Waals surface area contributed by atoms with Crippen molar-refractivity contribution in [1.82, 2.24) is 14.9 Å². The Morgan fingerprint density at radius 2 is 1.85 bits per heavy atom. The minimum absolute atomic E-state index is 0.116. The summed E-state index contributed by atoms with van der Waals surface area (Å²) in [5.74, 6) is 0.936. The van der Waals surface area contributed by atoms with Crippen molar-refractivity contribution >= 4 is 11.7 Å². The van der Waals surface area contributed by atoms with Gasteiger partial charge in [0, 0.05) is 44.8 Å². The lowest BCUT2D eigenvalue weighted by molar-refractivity contribution is 0.0249. The zero-order valence-electron chi connectivity index (χ0n) is 15.6. The van der Waals surface area contributed by atoms with E-state index in [4.69, 9.17) is 4.74 Å². The first-order chi connectivity index (χ1) is 13.3. The molecule has 0 spiro atoms. The Morgan fingerprint density at radius 3 is 2.59 bits per heavy atom. The first-order valence-electron chi connectivity index (χ1n) is 9.81. The van der Waals surface area contributed by atoms with Gasteiger partial charge in [-0.3, -0.25) is 9.78 Å². The Kier molecular flexibility index (Phi) is 5.63. The van der Waals surface area contributed by atoms with Crippen LogP contribution in [-0.4, -0.2) is 53.1 Å². The number of piperidine rings is 1. The largest absolute Gasteiger partial charge is 0.373 e. The summed E-state index contributed by atoms with van der Waals surface area (Å²) in [4.78, 5) is 25.7. The number of hydrogen-bond acceptors (Lipinski definition) is 5. The highest BCUT2D eigenvalue weighted by Crippen LogP contribution is 2.25. The van der Waals surface area contributed by atoms with E-state index in [1.54, 1.807) is 12.4 Å². The number of amides is 1. The Labute approximate surface area is 160 Å². The summed E-state index contributed by atoms with van der Waals surface area (Å²) in [5, 5.41) is 0. The van der Waals surface area contributed by atoms with Crippen molar-refractivity contribution in [3.63, 3.8) is 0 Å². The van der Waals surface area contributed by atoms with Crippen LogP contribution in [0.15, 0.2) is 42.9 Å². The van der Waals surface area contributed by atoms with Gasteiger partial charge in [-0.05, 0) is 49.4 Å². The minimum Gasteiger partial charge on any atom is -0.373 e. The Balaban J connectivity index is 1.36. The predicted molar refractivity (Wildman–Crippen MR) is 104 cm³/mol. The van der Waals surface area contributed by atoms with Crippen molar-refractivity contribution in [2.24, 2.45) is 0 Å². The molecular formula is C21H26N4O2. The third-order valence-electron chi connectivity index (χ3n) is 5.36. The second-order valence-electron chi connectivity index (χ2n) is 7.23.